The van der Waals surface area contributed by atoms with Crippen LogP contribution in [0.2, 0.25) is 0 Å². The van der Waals surface area contributed by atoms with E-state index in [0.717, 1.165) is 12.8 Å². The molecule has 0 saturated heterocycles. The van der Waals surface area contributed by atoms with E-state index in [1.54, 1.807) is 18.2 Å². The highest BCUT2D eigenvalue weighted by Crippen LogP contribution is 2.32. The minimum absolute atomic E-state index is 0.0267. The van der Waals surface area contributed by atoms with Crippen molar-refractivity contribution >= 4 is 23.4 Å². The van der Waals surface area contributed by atoms with Crippen molar-refractivity contribution in [1.29, 1.82) is 0 Å². The molecule has 3 amide bonds. The molecular weight excluding hydrogens is 382 g/mol. The number of anilines is 1. The standard InChI is InChI=1S/C23H27N3O4/c1-16(2)25-21(27)14-26-19-13-18(10-11-20(19)30-15-22(26)28)23(29)24-12-6-9-17-7-4-3-5-8-17/h3-5,7-8,10-11,13,16H,6,9,12,14-15H2,1-2H3,(H,24,29)(H,25,27). The molecule has 0 spiro atoms. The number of hydrogen-bond acceptors (Lipinski definition) is 4. The predicted octanol–water partition coefficient (Wildman–Crippen LogP) is 2.30. The number of benzene rings is 2. The zero-order valence-corrected chi connectivity index (χ0v) is 17.3. The van der Waals surface area contributed by atoms with Gasteiger partial charge in [0.2, 0.25) is 5.91 Å². The molecule has 2 aromatic carbocycles. The number of nitrogens with one attached hydrogen (secondary N) is 2. The third-order valence-corrected chi connectivity index (χ3v) is 4.69. The van der Waals surface area contributed by atoms with Crippen molar-refractivity contribution in [2.24, 2.45) is 0 Å². The largest absolute Gasteiger partial charge is 0.482 e. The van der Waals surface area contributed by atoms with E-state index in [2.05, 4.69) is 22.8 Å². The third-order valence-electron chi connectivity index (χ3n) is 4.69. The molecule has 0 unspecified atom stereocenters. The zero-order valence-electron chi connectivity index (χ0n) is 17.3. The molecule has 3 rings (SSSR count). The number of fused-ring (bicyclic) bond motifs is 1. The topological polar surface area (TPSA) is 87.7 Å². The summed E-state index contributed by atoms with van der Waals surface area (Å²) in [5.41, 5.74) is 2.08. The SMILES string of the molecule is CC(C)NC(=O)CN1C(=O)COc2ccc(C(=O)NCCCc3ccccc3)cc21. The molecule has 0 saturated carbocycles. The fourth-order valence-corrected chi connectivity index (χ4v) is 3.27. The summed E-state index contributed by atoms with van der Waals surface area (Å²) in [4.78, 5) is 38.4. The number of rotatable bonds is 8. The number of ether oxygens (including phenoxy) is 1. The smallest absolute Gasteiger partial charge is 0.265 e. The number of nitrogens with zero attached hydrogens (tertiary/aromatic N) is 1. The van der Waals surface area contributed by atoms with Crippen molar-refractivity contribution in [3.8, 4) is 5.75 Å². The summed E-state index contributed by atoms with van der Waals surface area (Å²) >= 11 is 0. The normalized spacial score (nSPS) is 12.9. The van der Waals surface area contributed by atoms with Gasteiger partial charge in [0.25, 0.3) is 11.8 Å². The molecule has 0 fully saturated rings. The van der Waals surface area contributed by atoms with Crippen LogP contribution in [-0.4, -0.2) is 43.5 Å². The number of carbonyl (C=O) groups is 3. The van der Waals surface area contributed by atoms with Crippen molar-refractivity contribution < 1.29 is 19.1 Å². The summed E-state index contributed by atoms with van der Waals surface area (Å²) in [6.45, 7) is 4.00. The van der Waals surface area contributed by atoms with Gasteiger partial charge in [0.05, 0.1) is 5.69 Å². The van der Waals surface area contributed by atoms with Gasteiger partial charge in [-0.1, -0.05) is 30.3 Å². The first-order chi connectivity index (χ1) is 14.4. The van der Waals surface area contributed by atoms with Crippen LogP contribution in [0.25, 0.3) is 0 Å². The van der Waals surface area contributed by atoms with Gasteiger partial charge in [-0.3, -0.25) is 19.3 Å². The number of amides is 3. The second-order valence-corrected chi connectivity index (χ2v) is 7.52. The Morgan fingerprint density at radius 1 is 1.13 bits per heavy atom. The summed E-state index contributed by atoms with van der Waals surface area (Å²) in [6.07, 6.45) is 1.70. The van der Waals surface area contributed by atoms with Crippen molar-refractivity contribution in [2.75, 3.05) is 24.6 Å². The van der Waals surface area contributed by atoms with Crippen LogP contribution in [0.4, 0.5) is 5.69 Å². The molecule has 7 heteroatoms. The van der Waals surface area contributed by atoms with Gasteiger partial charge < -0.3 is 15.4 Å². The van der Waals surface area contributed by atoms with E-state index in [1.807, 2.05) is 32.0 Å². The molecule has 0 aliphatic carbocycles. The molecular formula is C23H27N3O4. The molecule has 7 nitrogen and oxygen atoms in total. The van der Waals surface area contributed by atoms with E-state index in [4.69, 9.17) is 4.74 Å². The molecule has 30 heavy (non-hydrogen) atoms. The van der Waals surface area contributed by atoms with E-state index in [9.17, 15) is 14.4 Å². The fraction of sp³-hybridized carbons (Fsp3) is 0.348. The van der Waals surface area contributed by atoms with Gasteiger partial charge in [0.1, 0.15) is 12.3 Å². The lowest BCUT2D eigenvalue weighted by molar-refractivity contribution is -0.125. The van der Waals surface area contributed by atoms with Gasteiger partial charge in [0.15, 0.2) is 6.61 Å². The highest BCUT2D eigenvalue weighted by Gasteiger charge is 2.28. The minimum Gasteiger partial charge on any atom is -0.482 e. The quantitative estimate of drug-likeness (QED) is 0.655. The summed E-state index contributed by atoms with van der Waals surface area (Å²) in [7, 11) is 0. The van der Waals surface area contributed by atoms with Crippen LogP contribution in [0.1, 0.15) is 36.2 Å². The number of carbonyl (C=O) groups excluding carboxylic acids is 3. The lowest BCUT2D eigenvalue weighted by Gasteiger charge is -2.29. The Labute approximate surface area is 176 Å². The highest BCUT2D eigenvalue weighted by molar-refractivity contribution is 6.04. The lowest BCUT2D eigenvalue weighted by Crippen LogP contribution is -2.46. The first-order valence-electron chi connectivity index (χ1n) is 10.1. The maximum absolute atomic E-state index is 12.6. The average Bonchev–Trinajstić information content (AvgIpc) is 2.73. The Hall–Kier alpha value is -3.35. The number of aryl methyl sites for hydroxylation is 1. The fourth-order valence-electron chi connectivity index (χ4n) is 3.27. The average molecular weight is 409 g/mol. The van der Waals surface area contributed by atoms with Crippen molar-refractivity contribution in [1.82, 2.24) is 10.6 Å². The maximum atomic E-state index is 12.6. The Morgan fingerprint density at radius 2 is 1.90 bits per heavy atom. The van der Waals surface area contributed by atoms with E-state index in [1.165, 1.54) is 10.5 Å². The monoisotopic (exact) mass is 409 g/mol. The van der Waals surface area contributed by atoms with Crippen molar-refractivity contribution in [3.05, 3.63) is 59.7 Å². The van der Waals surface area contributed by atoms with Crippen LogP contribution >= 0.6 is 0 Å². The van der Waals surface area contributed by atoms with Crippen LogP contribution in [0.15, 0.2) is 48.5 Å². The zero-order chi connectivity index (χ0) is 21.5. The molecule has 2 N–H and O–H groups in total. The number of hydrogen-bond donors (Lipinski definition) is 2. The Morgan fingerprint density at radius 3 is 2.63 bits per heavy atom. The van der Waals surface area contributed by atoms with E-state index in [0.29, 0.717) is 23.5 Å². The van der Waals surface area contributed by atoms with Crippen LogP contribution in [-0.2, 0) is 16.0 Å². The Bertz CT molecular complexity index is 912. The van der Waals surface area contributed by atoms with Gasteiger partial charge in [-0.15, -0.1) is 0 Å². The van der Waals surface area contributed by atoms with Crippen molar-refractivity contribution in [2.45, 2.75) is 32.7 Å². The molecule has 1 heterocycles. The van der Waals surface area contributed by atoms with Crippen LogP contribution in [0.5, 0.6) is 5.75 Å². The van der Waals surface area contributed by atoms with E-state index in [-0.39, 0.29) is 36.9 Å². The van der Waals surface area contributed by atoms with Crippen molar-refractivity contribution in [3.63, 3.8) is 0 Å². The van der Waals surface area contributed by atoms with Gasteiger partial charge in [-0.05, 0) is 50.5 Å². The van der Waals surface area contributed by atoms with Gasteiger partial charge in [-0.25, -0.2) is 0 Å². The van der Waals surface area contributed by atoms with Crippen LogP contribution < -0.4 is 20.3 Å². The molecule has 1 aliphatic rings. The van der Waals surface area contributed by atoms with Gasteiger partial charge >= 0.3 is 0 Å². The summed E-state index contributed by atoms with van der Waals surface area (Å²) in [5.74, 6) is -0.327. The summed E-state index contributed by atoms with van der Waals surface area (Å²) in [5, 5.41) is 5.68. The first-order valence-corrected chi connectivity index (χ1v) is 10.1. The van der Waals surface area contributed by atoms with Gasteiger partial charge in [0, 0.05) is 18.2 Å². The Kier molecular flexibility index (Phi) is 7.06. The third kappa shape index (κ3) is 5.59. The minimum atomic E-state index is -0.318. The molecule has 158 valence electrons. The first kappa shape index (κ1) is 21.4. The van der Waals surface area contributed by atoms with Gasteiger partial charge in [-0.2, -0.15) is 0 Å². The van der Waals surface area contributed by atoms with Crippen LogP contribution in [0.3, 0.4) is 0 Å². The summed E-state index contributed by atoms with van der Waals surface area (Å²) in [6, 6.07) is 15.0. The molecule has 2 aromatic rings. The molecule has 0 bridgehead atoms. The van der Waals surface area contributed by atoms with E-state index >= 15 is 0 Å². The lowest BCUT2D eigenvalue weighted by atomic mass is 10.1. The molecule has 0 aromatic heterocycles. The second kappa shape index (κ2) is 9.91. The molecule has 1 aliphatic heterocycles. The molecule has 0 atom stereocenters. The maximum Gasteiger partial charge on any atom is 0.265 e. The Balaban J connectivity index is 1.63. The second-order valence-electron chi connectivity index (χ2n) is 7.52. The molecule has 0 radical (unpaired) electrons. The predicted molar refractivity (Wildman–Crippen MR) is 115 cm³/mol. The summed E-state index contributed by atoms with van der Waals surface area (Å²) < 4.78 is 5.46. The van der Waals surface area contributed by atoms with Crippen LogP contribution in [0, 0.1) is 0 Å². The van der Waals surface area contributed by atoms with E-state index < -0.39 is 0 Å². The highest BCUT2D eigenvalue weighted by atomic mass is 16.5.